The molecule has 1 aromatic carbocycles. The Labute approximate surface area is 211 Å². The van der Waals surface area contributed by atoms with Crippen LogP contribution in [0.3, 0.4) is 0 Å². The van der Waals surface area contributed by atoms with Crippen molar-refractivity contribution in [2.24, 2.45) is 0 Å². The second kappa shape index (κ2) is 11.8. The number of hydrogen-bond acceptors (Lipinski definition) is 11. The summed E-state index contributed by atoms with van der Waals surface area (Å²) in [6.45, 7) is 0.684. The molecule has 15 heteroatoms. The van der Waals surface area contributed by atoms with Gasteiger partial charge in [-0.3, -0.25) is 19.4 Å². The molecule has 0 unspecified atom stereocenters. The van der Waals surface area contributed by atoms with Crippen LogP contribution in [-0.4, -0.2) is 76.4 Å². The zero-order valence-electron chi connectivity index (χ0n) is 20.0. The van der Waals surface area contributed by atoms with Crippen molar-refractivity contribution in [1.82, 2.24) is 30.6 Å². The van der Waals surface area contributed by atoms with Gasteiger partial charge < -0.3 is 36.1 Å². The summed E-state index contributed by atoms with van der Waals surface area (Å²) < 4.78 is 10.3. The molecule has 7 N–H and O–H groups in total. The number of aliphatic hydroxyl groups excluding tert-OH is 1. The maximum absolute atomic E-state index is 12.4. The predicted octanol–water partition coefficient (Wildman–Crippen LogP) is -1.42. The summed E-state index contributed by atoms with van der Waals surface area (Å²) in [6, 6.07) is 6.83. The van der Waals surface area contributed by atoms with Crippen LogP contribution in [0.25, 0.3) is 11.2 Å². The van der Waals surface area contributed by atoms with E-state index in [1.165, 1.54) is 6.20 Å². The number of nitrogens with two attached hydrogens (primary N) is 1. The van der Waals surface area contributed by atoms with E-state index in [9.17, 15) is 19.5 Å². The Morgan fingerprint density at radius 1 is 1.19 bits per heavy atom. The predicted molar refractivity (Wildman–Crippen MR) is 135 cm³/mol. The first-order valence-corrected chi connectivity index (χ1v) is 11.6. The van der Waals surface area contributed by atoms with Crippen LogP contribution in [0, 0.1) is 0 Å². The summed E-state index contributed by atoms with van der Waals surface area (Å²) in [7, 11) is 0.135. The van der Waals surface area contributed by atoms with Gasteiger partial charge >= 0.3 is 7.69 Å². The monoisotopic (exact) mass is 510 g/mol. The molecule has 1 aliphatic heterocycles. The molecule has 4 rings (SSSR count). The van der Waals surface area contributed by atoms with Crippen LogP contribution in [0.2, 0.25) is 0 Å². The van der Waals surface area contributed by atoms with Gasteiger partial charge in [-0.15, -0.1) is 0 Å². The van der Waals surface area contributed by atoms with E-state index in [2.05, 4.69) is 35.9 Å². The third-order valence-electron chi connectivity index (χ3n) is 5.60. The summed E-state index contributed by atoms with van der Waals surface area (Å²) in [4.78, 5) is 51.3. The number of H-pyrrole nitrogens is 1. The summed E-state index contributed by atoms with van der Waals surface area (Å²) in [5.74, 6) is -0.544. The van der Waals surface area contributed by atoms with Gasteiger partial charge in [-0.2, -0.15) is 4.98 Å². The quantitative estimate of drug-likeness (QED) is 0.138. The van der Waals surface area contributed by atoms with Gasteiger partial charge in [0.25, 0.3) is 11.5 Å². The molecule has 1 saturated heterocycles. The minimum Gasteiger partial charge on any atom is -0.411 e. The minimum atomic E-state index is -0.932. The number of nitrogen functional groups attached to an aromatic ring is 1. The Morgan fingerprint density at radius 2 is 1.95 bits per heavy atom. The van der Waals surface area contributed by atoms with Gasteiger partial charge in [0.1, 0.15) is 5.54 Å². The maximum Gasteiger partial charge on any atom is 0.438 e. The number of carbonyl (C=O) groups excluding carboxylic acids is 2. The van der Waals surface area contributed by atoms with E-state index >= 15 is 0 Å². The molecule has 1 aliphatic rings. The Morgan fingerprint density at radius 3 is 2.68 bits per heavy atom. The van der Waals surface area contributed by atoms with Gasteiger partial charge in [-0.25, -0.2) is 9.97 Å². The van der Waals surface area contributed by atoms with Crippen LogP contribution in [0.4, 0.5) is 11.6 Å². The number of aromatic amines is 1. The Bertz CT molecular complexity index is 1310. The lowest BCUT2D eigenvalue weighted by Crippen LogP contribution is -2.60. The fourth-order valence-electron chi connectivity index (χ4n) is 3.68. The normalized spacial score (nSPS) is 14.5. The van der Waals surface area contributed by atoms with Crippen LogP contribution >= 0.6 is 0 Å². The number of rotatable bonds is 10. The first kappa shape index (κ1) is 26.0. The number of fused-ring (bicyclic) bond motifs is 1. The van der Waals surface area contributed by atoms with Crippen molar-refractivity contribution in [3.63, 3.8) is 0 Å². The molecule has 194 valence electrons. The van der Waals surface area contributed by atoms with E-state index in [-0.39, 0.29) is 62.9 Å². The summed E-state index contributed by atoms with van der Waals surface area (Å²) >= 11 is 0. The van der Waals surface area contributed by atoms with Gasteiger partial charge in [-0.05, 0) is 30.7 Å². The maximum atomic E-state index is 12.4. The first-order chi connectivity index (χ1) is 17.9. The third-order valence-corrected chi connectivity index (χ3v) is 5.60. The molecule has 0 bridgehead atoms. The van der Waals surface area contributed by atoms with Gasteiger partial charge in [-0.1, -0.05) is 0 Å². The molecule has 0 spiro atoms. The van der Waals surface area contributed by atoms with Crippen LogP contribution in [0.5, 0.6) is 0 Å². The SMILES string of the molecule is Nc1nc2ncc(CNc3ccc(C(=O)NCCCC(=O)NC4(CO)COBOC4)cc3)nc2c(=O)[nH]1. The summed E-state index contributed by atoms with van der Waals surface area (Å²) in [5, 5.41) is 18.3. The fraction of sp³-hybridized carbons (Fsp3) is 0.364. The molecule has 3 aromatic rings. The number of carbonyl (C=O) groups is 2. The zero-order chi connectivity index (χ0) is 26.3. The highest BCUT2D eigenvalue weighted by Gasteiger charge is 2.34. The number of nitrogens with one attached hydrogen (secondary N) is 4. The summed E-state index contributed by atoms with van der Waals surface area (Å²) in [5.41, 5.74) is 6.13. The number of amides is 2. The van der Waals surface area contributed by atoms with Crippen LogP contribution in [0.15, 0.2) is 35.3 Å². The van der Waals surface area contributed by atoms with E-state index in [1.54, 1.807) is 24.3 Å². The van der Waals surface area contributed by atoms with E-state index < -0.39 is 11.1 Å². The van der Waals surface area contributed by atoms with Gasteiger partial charge in [0, 0.05) is 24.2 Å². The van der Waals surface area contributed by atoms with Crippen molar-refractivity contribution in [3.05, 3.63) is 52.1 Å². The van der Waals surface area contributed by atoms with Gasteiger partial charge in [0.05, 0.1) is 38.3 Å². The van der Waals surface area contributed by atoms with Crippen molar-refractivity contribution in [2.45, 2.75) is 24.9 Å². The molecule has 3 heterocycles. The molecule has 0 saturated carbocycles. The number of aromatic nitrogens is 4. The van der Waals surface area contributed by atoms with E-state index in [1.807, 2.05) is 0 Å². The molecule has 0 aliphatic carbocycles. The molecular formula is C22H27BN8O6. The standard InChI is InChI=1S/C22H27BN8O6/c24-21-29-18-17(20(35)30-21)28-15(9-27-18)8-26-14-5-3-13(4-6-14)19(34)25-7-1-2-16(33)31-22(10-32)11-36-23-37-12-22/h3-6,9,23,26,32H,1-2,7-8,10-12H2,(H,25,34)(H,31,33)(H3,24,27,29,30,35). The van der Waals surface area contributed by atoms with Crippen LogP contribution in [-0.2, 0) is 20.6 Å². The smallest absolute Gasteiger partial charge is 0.411 e. The van der Waals surface area contributed by atoms with Crippen LogP contribution in [0.1, 0.15) is 28.9 Å². The number of aliphatic hydroxyl groups is 1. The van der Waals surface area contributed by atoms with E-state index in [4.69, 9.17) is 15.0 Å². The molecule has 1 fully saturated rings. The average molecular weight is 510 g/mol. The number of benzene rings is 1. The second-order valence-corrected chi connectivity index (χ2v) is 8.58. The molecule has 0 atom stereocenters. The van der Waals surface area contributed by atoms with E-state index in [0.29, 0.717) is 30.8 Å². The lowest BCUT2D eigenvalue weighted by molar-refractivity contribution is -0.126. The number of nitrogens with zero attached hydrogens (tertiary/aromatic N) is 3. The first-order valence-electron chi connectivity index (χ1n) is 11.6. The van der Waals surface area contributed by atoms with E-state index in [0.717, 1.165) is 5.69 Å². The molecule has 14 nitrogen and oxygen atoms in total. The van der Waals surface area contributed by atoms with Crippen molar-refractivity contribution < 1.29 is 24.0 Å². The van der Waals surface area contributed by atoms with Crippen molar-refractivity contribution >= 4 is 42.3 Å². The minimum absolute atomic E-state index is 0.0241. The highest BCUT2D eigenvalue weighted by Crippen LogP contribution is 2.13. The lowest BCUT2D eigenvalue weighted by atomic mass is 10.00. The molecule has 2 amide bonds. The highest BCUT2D eigenvalue weighted by atomic mass is 16.6. The Kier molecular flexibility index (Phi) is 8.27. The largest absolute Gasteiger partial charge is 0.438 e. The Balaban J connectivity index is 1.21. The summed E-state index contributed by atoms with van der Waals surface area (Å²) in [6.07, 6.45) is 2.11. The average Bonchev–Trinajstić information content (AvgIpc) is 2.90. The third kappa shape index (κ3) is 6.78. The number of hydrogen-bond donors (Lipinski definition) is 6. The lowest BCUT2D eigenvalue weighted by Gasteiger charge is -2.35. The van der Waals surface area contributed by atoms with Crippen molar-refractivity contribution in [2.75, 3.05) is 37.4 Å². The fourth-order valence-corrected chi connectivity index (χ4v) is 3.68. The molecule has 0 radical (unpaired) electrons. The second-order valence-electron chi connectivity index (χ2n) is 8.58. The van der Waals surface area contributed by atoms with Gasteiger partial charge in [0.15, 0.2) is 11.2 Å². The Hall–Kier alpha value is -4.08. The topological polar surface area (TPSA) is 206 Å². The number of anilines is 2. The van der Waals surface area contributed by atoms with Gasteiger partial charge in [0.2, 0.25) is 11.9 Å². The highest BCUT2D eigenvalue weighted by molar-refractivity contribution is 6.18. The van der Waals surface area contributed by atoms with Crippen molar-refractivity contribution in [3.8, 4) is 0 Å². The molecular weight excluding hydrogens is 483 g/mol. The molecule has 37 heavy (non-hydrogen) atoms. The van der Waals surface area contributed by atoms with Crippen molar-refractivity contribution in [1.29, 1.82) is 0 Å². The molecule has 2 aromatic heterocycles. The van der Waals surface area contributed by atoms with Crippen LogP contribution < -0.4 is 27.2 Å². The zero-order valence-corrected chi connectivity index (χ0v) is 20.0.